The van der Waals surface area contributed by atoms with Gasteiger partial charge < -0.3 is 10.2 Å². The number of hydrogen-bond acceptors (Lipinski definition) is 2. The van der Waals surface area contributed by atoms with Crippen molar-refractivity contribution >= 4 is 11.9 Å². The fraction of sp³-hybridized carbons (Fsp3) is 0.889. The minimum absolute atomic E-state index is 0.204. The fourth-order valence-corrected chi connectivity index (χ4v) is 5.94. The van der Waals surface area contributed by atoms with Crippen LogP contribution in [-0.2, 0) is 9.59 Å². The van der Waals surface area contributed by atoms with E-state index in [1.165, 1.54) is 96.3 Å². The normalized spacial score (nSPS) is 13.2. The molecular formula is C36H68O4. The zero-order valence-electron chi connectivity index (χ0n) is 26.8. The van der Waals surface area contributed by atoms with Gasteiger partial charge in [-0.05, 0) is 57.3 Å². The van der Waals surface area contributed by atoms with E-state index in [2.05, 4.69) is 26.0 Å². The van der Waals surface area contributed by atoms with Crippen molar-refractivity contribution in [1.82, 2.24) is 0 Å². The quantitative estimate of drug-likeness (QED) is 0.0629. The summed E-state index contributed by atoms with van der Waals surface area (Å²) in [5.74, 6) is -1.22. The highest BCUT2D eigenvalue weighted by atomic mass is 16.4. The lowest BCUT2D eigenvalue weighted by Gasteiger charge is -2.24. The third kappa shape index (κ3) is 26.9. The minimum Gasteiger partial charge on any atom is -0.481 e. The van der Waals surface area contributed by atoms with Crippen molar-refractivity contribution in [3.63, 3.8) is 0 Å². The molecule has 0 heterocycles. The summed E-state index contributed by atoms with van der Waals surface area (Å²) in [7, 11) is 0. The van der Waals surface area contributed by atoms with Crippen LogP contribution in [0.15, 0.2) is 12.2 Å². The lowest BCUT2D eigenvalue weighted by molar-refractivity contribution is -0.144. The van der Waals surface area contributed by atoms with Crippen LogP contribution in [-0.4, -0.2) is 22.2 Å². The van der Waals surface area contributed by atoms with Crippen LogP contribution < -0.4 is 0 Å². The first-order valence-electron chi connectivity index (χ1n) is 17.6. The molecule has 2 N–H and O–H groups in total. The van der Waals surface area contributed by atoms with E-state index in [0.29, 0.717) is 0 Å². The van der Waals surface area contributed by atoms with Gasteiger partial charge in [-0.1, -0.05) is 148 Å². The van der Waals surface area contributed by atoms with Gasteiger partial charge in [0.1, 0.15) is 0 Å². The standard InChI is InChI=1S/C36H68O4/c1-3-5-7-9-11-12-13-14-15-16-17-19-23-27-31-34(36(39)40)33(29-25-21-18-10-8-6-4-2)30-26-22-20-24-28-32-35(37)38/h14-15,33-34H,3-13,16-32H2,1-2H3,(H,37,38)(H,39,40)/b15-14-. The van der Waals surface area contributed by atoms with Crippen LogP contribution in [0.3, 0.4) is 0 Å². The van der Waals surface area contributed by atoms with Crippen LogP contribution in [0.5, 0.6) is 0 Å². The number of hydrogen-bond donors (Lipinski definition) is 2. The molecule has 0 aromatic heterocycles. The van der Waals surface area contributed by atoms with Crippen molar-refractivity contribution in [2.75, 3.05) is 0 Å². The largest absolute Gasteiger partial charge is 0.481 e. The van der Waals surface area contributed by atoms with Gasteiger partial charge in [-0.15, -0.1) is 0 Å². The summed E-state index contributed by atoms with van der Waals surface area (Å²) in [6.07, 6.45) is 36.8. The minimum atomic E-state index is -0.709. The van der Waals surface area contributed by atoms with Crippen LogP contribution in [0.1, 0.15) is 194 Å². The Morgan fingerprint density at radius 1 is 0.500 bits per heavy atom. The monoisotopic (exact) mass is 565 g/mol. The number of carboxylic acid groups (broad SMARTS) is 2. The molecule has 0 fully saturated rings. The Morgan fingerprint density at radius 3 is 1.30 bits per heavy atom. The van der Waals surface area contributed by atoms with Crippen molar-refractivity contribution in [2.45, 2.75) is 194 Å². The Kier molecular flexibility index (Phi) is 29.6. The Hall–Kier alpha value is -1.32. The molecule has 0 aromatic rings. The molecule has 236 valence electrons. The Balaban J connectivity index is 4.32. The molecule has 0 radical (unpaired) electrons. The molecule has 0 saturated carbocycles. The van der Waals surface area contributed by atoms with Gasteiger partial charge in [-0.2, -0.15) is 0 Å². The van der Waals surface area contributed by atoms with E-state index in [1.807, 2.05) is 0 Å². The van der Waals surface area contributed by atoms with Crippen LogP contribution in [0.2, 0.25) is 0 Å². The molecule has 2 atom stereocenters. The third-order valence-corrected chi connectivity index (χ3v) is 8.56. The van der Waals surface area contributed by atoms with Crippen molar-refractivity contribution in [3.8, 4) is 0 Å². The van der Waals surface area contributed by atoms with Crippen LogP contribution in [0, 0.1) is 11.8 Å². The highest BCUT2D eigenvalue weighted by Gasteiger charge is 2.26. The zero-order chi connectivity index (χ0) is 29.5. The second-order valence-electron chi connectivity index (χ2n) is 12.3. The van der Waals surface area contributed by atoms with Crippen LogP contribution in [0.4, 0.5) is 0 Å². The SMILES string of the molecule is CCCCCCCC/C=C\CCCCCCC(C(=O)O)C(CCCCCCCCC)CCCCCCCC(=O)O. The highest BCUT2D eigenvalue weighted by molar-refractivity contribution is 5.70. The molecule has 0 aromatic carbocycles. The van der Waals surface area contributed by atoms with Gasteiger partial charge in [0.15, 0.2) is 0 Å². The fourth-order valence-electron chi connectivity index (χ4n) is 5.94. The molecule has 0 bridgehead atoms. The Labute approximate surface area is 249 Å². The van der Waals surface area contributed by atoms with Crippen LogP contribution >= 0.6 is 0 Å². The van der Waals surface area contributed by atoms with Gasteiger partial charge in [0.05, 0.1) is 5.92 Å². The number of carbonyl (C=O) groups is 2. The van der Waals surface area contributed by atoms with Crippen molar-refractivity contribution < 1.29 is 19.8 Å². The zero-order valence-corrected chi connectivity index (χ0v) is 26.8. The molecular weight excluding hydrogens is 496 g/mol. The Bertz CT molecular complexity index is 585. The van der Waals surface area contributed by atoms with E-state index in [4.69, 9.17) is 5.11 Å². The number of allylic oxidation sites excluding steroid dienone is 2. The number of carboxylic acids is 2. The van der Waals surface area contributed by atoms with Crippen LogP contribution in [0.25, 0.3) is 0 Å². The predicted molar refractivity (Wildman–Crippen MR) is 172 cm³/mol. The van der Waals surface area contributed by atoms with Crippen molar-refractivity contribution in [3.05, 3.63) is 12.2 Å². The van der Waals surface area contributed by atoms with Crippen molar-refractivity contribution in [2.24, 2.45) is 11.8 Å². The van der Waals surface area contributed by atoms with E-state index >= 15 is 0 Å². The number of aliphatic carboxylic acids is 2. The van der Waals surface area contributed by atoms with Crippen molar-refractivity contribution in [1.29, 1.82) is 0 Å². The highest BCUT2D eigenvalue weighted by Crippen LogP contribution is 2.30. The maximum atomic E-state index is 12.3. The van der Waals surface area contributed by atoms with E-state index < -0.39 is 11.9 Å². The first-order valence-corrected chi connectivity index (χ1v) is 17.6. The molecule has 40 heavy (non-hydrogen) atoms. The Morgan fingerprint density at radius 2 is 0.875 bits per heavy atom. The summed E-state index contributed by atoms with van der Waals surface area (Å²) in [5, 5.41) is 18.9. The average molecular weight is 565 g/mol. The number of unbranched alkanes of at least 4 members (excludes halogenated alkanes) is 20. The summed E-state index contributed by atoms with van der Waals surface area (Å²) in [6, 6.07) is 0. The van der Waals surface area contributed by atoms with Gasteiger partial charge in [0.2, 0.25) is 0 Å². The lowest BCUT2D eigenvalue weighted by atomic mass is 9.80. The average Bonchev–Trinajstić information content (AvgIpc) is 2.93. The van der Waals surface area contributed by atoms with Gasteiger partial charge >= 0.3 is 11.9 Å². The van der Waals surface area contributed by atoms with E-state index in [9.17, 15) is 14.7 Å². The molecule has 0 aliphatic carbocycles. The molecule has 4 heteroatoms. The molecule has 0 rings (SSSR count). The first-order chi connectivity index (χ1) is 19.5. The third-order valence-electron chi connectivity index (χ3n) is 8.56. The maximum Gasteiger partial charge on any atom is 0.306 e. The predicted octanol–water partition coefficient (Wildman–Crippen LogP) is 11.9. The smallest absolute Gasteiger partial charge is 0.306 e. The summed E-state index contributed by atoms with van der Waals surface area (Å²) in [5.41, 5.74) is 0. The molecule has 2 unspecified atom stereocenters. The summed E-state index contributed by atoms with van der Waals surface area (Å²) in [4.78, 5) is 23.0. The van der Waals surface area contributed by atoms with Gasteiger partial charge in [-0.3, -0.25) is 9.59 Å². The maximum absolute atomic E-state index is 12.3. The molecule has 0 aliphatic rings. The second-order valence-corrected chi connectivity index (χ2v) is 12.3. The number of rotatable bonds is 32. The molecule has 0 saturated heterocycles. The van der Waals surface area contributed by atoms with E-state index in [1.54, 1.807) is 0 Å². The second kappa shape index (κ2) is 30.6. The molecule has 0 aliphatic heterocycles. The lowest BCUT2D eigenvalue weighted by Crippen LogP contribution is -2.24. The first kappa shape index (κ1) is 38.7. The summed E-state index contributed by atoms with van der Waals surface area (Å²) >= 11 is 0. The molecule has 4 nitrogen and oxygen atoms in total. The summed E-state index contributed by atoms with van der Waals surface area (Å²) < 4.78 is 0. The summed E-state index contributed by atoms with van der Waals surface area (Å²) in [6.45, 7) is 4.51. The van der Waals surface area contributed by atoms with Gasteiger partial charge in [-0.25, -0.2) is 0 Å². The van der Waals surface area contributed by atoms with E-state index in [0.717, 1.165) is 77.0 Å². The van der Waals surface area contributed by atoms with Gasteiger partial charge in [0.25, 0.3) is 0 Å². The van der Waals surface area contributed by atoms with Gasteiger partial charge in [0, 0.05) is 6.42 Å². The topological polar surface area (TPSA) is 74.6 Å². The molecule has 0 spiro atoms. The van der Waals surface area contributed by atoms with E-state index in [-0.39, 0.29) is 18.3 Å². The molecule has 0 amide bonds.